The Labute approximate surface area is 126 Å². The van der Waals surface area contributed by atoms with Crippen molar-refractivity contribution in [3.8, 4) is 5.75 Å². The second kappa shape index (κ2) is 5.96. The van der Waals surface area contributed by atoms with Gasteiger partial charge in [-0.25, -0.2) is 0 Å². The largest absolute Gasteiger partial charge is 0.497 e. The molecule has 0 aliphatic heterocycles. The number of carbonyl (C=O) groups is 1. The normalized spacial score (nSPS) is 10.2. The van der Waals surface area contributed by atoms with Crippen LogP contribution in [0.4, 0.5) is 11.4 Å². The van der Waals surface area contributed by atoms with Crippen LogP contribution < -0.4 is 15.8 Å². The zero-order valence-corrected chi connectivity index (χ0v) is 12.8. The highest BCUT2D eigenvalue weighted by atomic mass is 79.9. The van der Waals surface area contributed by atoms with Gasteiger partial charge in [-0.05, 0) is 47.1 Å². The van der Waals surface area contributed by atoms with Crippen molar-refractivity contribution in [1.82, 2.24) is 0 Å². The molecule has 5 heteroatoms. The Morgan fingerprint density at radius 3 is 2.70 bits per heavy atom. The maximum Gasteiger partial charge on any atom is 0.256 e. The number of hydrogen-bond acceptors (Lipinski definition) is 3. The number of halogens is 1. The molecule has 3 N–H and O–H groups in total. The summed E-state index contributed by atoms with van der Waals surface area (Å²) in [5, 5.41) is 2.80. The summed E-state index contributed by atoms with van der Waals surface area (Å²) in [6.45, 7) is 1.93. The van der Waals surface area contributed by atoms with E-state index in [-0.39, 0.29) is 5.91 Å². The van der Waals surface area contributed by atoms with E-state index in [0.29, 0.717) is 22.7 Å². The van der Waals surface area contributed by atoms with Crippen LogP contribution >= 0.6 is 15.9 Å². The van der Waals surface area contributed by atoms with Gasteiger partial charge in [-0.3, -0.25) is 4.79 Å². The molecule has 1 amide bonds. The van der Waals surface area contributed by atoms with Crippen LogP contribution in [0.2, 0.25) is 0 Å². The lowest BCUT2D eigenvalue weighted by Crippen LogP contribution is -2.14. The van der Waals surface area contributed by atoms with Gasteiger partial charge in [-0.1, -0.05) is 11.6 Å². The van der Waals surface area contributed by atoms with Crippen LogP contribution in [0.25, 0.3) is 0 Å². The summed E-state index contributed by atoms with van der Waals surface area (Å²) in [6, 6.07) is 10.7. The molecule has 0 bridgehead atoms. The summed E-state index contributed by atoms with van der Waals surface area (Å²) in [6.07, 6.45) is 0. The third-order valence-corrected chi connectivity index (χ3v) is 3.57. The Bertz CT molecular complexity index is 656. The summed E-state index contributed by atoms with van der Waals surface area (Å²) in [5.74, 6) is 0.415. The highest BCUT2D eigenvalue weighted by molar-refractivity contribution is 9.10. The van der Waals surface area contributed by atoms with Crippen LogP contribution in [0.5, 0.6) is 5.75 Å². The minimum Gasteiger partial charge on any atom is -0.497 e. The number of hydrogen-bond donors (Lipinski definition) is 2. The predicted molar refractivity (Wildman–Crippen MR) is 84.2 cm³/mol. The fourth-order valence-electron chi connectivity index (χ4n) is 1.77. The molecule has 0 radical (unpaired) electrons. The molecule has 2 rings (SSSR count). The fourth-order valence-corrected chi connectivity index (χ4v) is 2.20. The van der Waals surface area contributed by atoms with Gasteiger partial charge in [0.05, 0.1) is 24.0 Å². The van der Waals surface area contributed by atoms with Crippen LogP contribution in [0, 0.1) is 6.92 Å². The molecule has 0 saturated heterocycles. The number of rotatable bonds is 3. The summed E-state index contributed by atoms with van der Waals surface area (Å²) in [5.41, 5.74) is 8.45. The lowest BCUT2D eigenvalue weighted by Gasteiger charge is -2.11. The molecule has 0 spiro atoms. The average Bonchev–Trinajstić information content (AvgIpc) is 2.43. The number of anilines is 2. The van der Waals surface area contributed by atoms with Gasteiger partial charge in [0.25, 0.3) is 5.91 Å². The molecule has 2 aromatic rings. The van der Waals surface area contributed by atoms with E-state index in [1.165, 1.54) is 0 Å². The molecule has 0 fully saturated rings. The monoisotopic (exact) mass is 334 g/mol. The van der Waals surface area contributed by atoms with Gasteiger partial charge in [0.15, 0.2) is 0 Å². The van der Waals surface area contributed by atoms with E-state index < -0.39 is 0 Å². The lowest BCUT2D eigenvalue weighted by molar-refractivity contribution is 0.102. The first kappa shape index (κ1) is 14.4. The second-order valence-corrected chi connectivity index (χ2v) is 5.24. The number of ether oxygens (including phenoxy) is 1. The number of carbonyl (C=O) groups excluding carboxylic acids is 1. The van der Waals surface area contributed by atoms with Gasteiger partial charge in [0, 0.05) is 10.5 Å². The van der Waals surface area contributed by atoms with Gasteiger partial charge >= 0.3 is 0 Å². The number of nitrogens with one attached hydrogen (secondary N) is 1. The van der Waals surface area contributed by atoms with E-state index in [2.05, 4.69) is 21.2 Å². The number of methoxy groups -OCH3 is 1. The van der Waals surface area contributed by atoms with Crippen molar-refractivity contribution in [2.45, 2.75) is 6.92 Å². The number of nitrogens with two attached hydrogens (primary N) is 1. The van der Waals surface area contributed by atoms with Crippen LogP contribution in [0.3, 0.4) is 0 Å². The molecule has 104 valence electrons. The maximum absolute atomic E-state index is 12.3. The Morgan fingerprint density at radius 2 is 2.00 bits per heavy atom. The van der Waals surface area contributed by atoms with Crippen LogP contribution in [0.1, 0.15) is 15.9 Å². The molecule has 2 aromatic carbocycles. The van der Waals surface area contributed by atoms with Crippen molar-refractivity contribution in [2.24, 2.45) is 0 Å². The quantitative estimate of drug-likeness (QED) is 0.843. The van der Waals surface area contributed by atoms with Crippen LogP contribution in [-0.2, 0) is 0 Å². The maximum atomic E-state index is 12.3. The standard InChI is InChI=1S/C15H15BrN2O2/c1-9-3-5-12(16)11(7-9)15(19)18-14-8-10(20-2)4-6-13(14)17/h3-8H,17H2,1-2H3,(H,18,19). The molecule has 0 heterocycles. The van der Waals surface area contributed by atoms with Gasteiger partial charge in [-0.15, -0.1) is 0 Å². The van der Waals surface area contributed by atoms with E-state index in [0.717, 1.165) is 10.0 Å². The summed E-state index contributed by atoms with van der Waals surface area (Å²) >= 11 is 3.37. The van der Waals surface area contributed by atoms with E-state index in [1.807, 2.05) is 25.1 Å². The molecular formula is C15H15BrN2O2. The van der Waals surface area contributed by atoms with Gasteiger partial charge in [0.2, 0.25) is 0 Å². The Balaban J connectivity index is 2.30. The minimum atomic E-state index is -0.222. The first-order chi connectivity index (χ1) is 9.51. The fraction of sp³-hybridized carbons (Fsp3) is 0.133. The first-order valence-corrected chi connectivity index (χ1v) is 6.81. The summed E-state index contributed by atoms with van der Waals surface area (Å²) in [7, 11) is 1.56. The first-order valence-electron chi connectivity index (χ1n) is 6.02. The molecule has 0 aromatic heterocycles. The highest BCUT2D eigenvalue weighted by Gasteiger charge is 2.12. The van der Waals surface area contributed by atoms with Crippen LogP contribution in [-0.4, -0.2) is 13.0 Å². The van der Waals surface area contributed by atoms with Crippen molar-refractivity contribution in [3.63, 3.8) is 0 Å². The summed E-state index contributed by atoms with van der Waals surface area (Å²) < 4.78 is 5.86. The molecule has 0 aliphatic rings. The highest BCUT2D eigenvalue weighted by Crippen LogP contribution is 2.26. The molecule has 0 aliphatic carbocycles. The number of benzene rings is 2. The van der Waals surface area contributed by atoms with Gasteiger partial charge < -0.3 is 15.8 Å². The number of amides is 1. The minimum absolute atomic E-state index is 0.222. The van der Waals surface area contributed by atoms with E-state index in [4.69, 9.17) is 10.5 Å². The molecule has 20 heavy (non-hydrogen) atoms. The molecule has 4 nitrogen and oxygen atoms in total. The Kier molecular flexibility index (Phi) is 4.29. The molecular weight excluding hydrogens is 320 g/mol. The zero-order chi connectivity index (χ0) is 14.7. The zero-order valence-electron chi connectivity index (χ0n) is 11.2. The lowest BCUT2D eigenvalue weighted by atomic mass is 10.1. The number of aryl methyl sites for hydroxylation is 1. The molecule has 0 atom stereocenters. The summed E-state index contributed by atoms with van der Waals surface area (Å²) in [4.78, 5) is 12.3. The second-order valence-electron chi connectivity index (χ2n) is 4.39. The Morgan fingerprint density at radius 1 is 1.25 bits per heavy atom. The van der Waals surface area contributed by atoms with E-state index in [9.17, 15) is 4.79 Å². The van der Waals surface area contributed by atoms with Crippen molar-refractivity contribution in [3.05, 3.63) is 52.0 Å². The molecule has 0 unspecified atom stereocenters. The smallest absolute Gasteiger partial charge is 0.256 e. The third kappa shape index (κ3) is 3.11. The van der Waals surface area contributed by atoms with Crippen molar-refractivity contribution in [1.29, 1.82) is 0 Å². The average molecular weight is 335 g/mol. The van der Waals surface area contributed by atoms with Crippen LogP contribution in [0.15, 0.2) is 40.9 Å². The van der Waals surface area contributed by atoms with E-state index >= 15 is 0 Å². The van der Waals surface area contributed by atoms with Gasteiger partial charge in [-0.2, -0.15) is 0 Å². The van der Waals surface area contributed by atoms with Crippen molar-refractivity contribution < 1.29 is 9.53 Å². The van der Waals surface area contributed by atoms with Gasteiger partial charge in [0.1, 0.15) is 5.75 Å². The third-order valence-electron chi connectivity index (χ3n) is 2.88. The number of nitrogen functional groups attached to an aromatic ring is 1. The van der Waals surface area contributed by atoms with E-state index in [1.54, 1.807) is 25.3 Å². The molecule has 0 saturated carbocycles. The van der Waals surface area contributed by atoms with Crippen molar-refractivity contribution in [2.75, 3.05) is 18.2 Å². The predicted octanol–water partition coefficient (Wildman–Crippen LogP) is 3.60. The topological polar surface area (TPSA) is 64.3 Å². The van der Waals surface area contributed by atoms with Crippen molar-refractivity contribution >= 4 is 33.2 Å². The SMILES string of the molecule is COc1ccc(N)c(NC(=O)c2cc(C)ccc2Br)c1. The Hall–Kier alpha value is -2.01.